The van der Waals surface area contributed by atoms with Crippen molar-refractivity contribution in [2.24, 2.45) is 0 Å². The standard InChI is InChI=1S/C12H11N3O4S/c1-7-11(20-15-14-7)12(18)13-8-2-4-9(5-3-8)19-6-10(16)17/h2-5H,6H2,1H3,(H,13,18)(H,16,17). The Kier molecular flexibility index (Phi) is 4.26. The van der Waals surface area contributed by atoms with Gasteiger partial charge in [-0.25, -0.2) is 4.79 Å². The van der Waals surface area contributed by atoms with E-state index in [1.165, 1.54) is 0 Å². The van der Waals surface area contributed by atoms with Gasteiger partial charge in [0.15, 0.2) is 6.61 Å². The second-order valence-electron chi connectivity index (χ2n) is 3.85. The van der Waals surface area contributed by atoms with E-state index in [9.17, 15) is 9.59 Å². The Morgan fingerprint density at radius 3 is 2.60 bits per heavy atom. The first-order valence-corrected chi connectivity index (χ1v) is 6.38. The molecule has 104 valence electrons. The molecule has 0 aliphatic heterocycles. The van der Waals surface area contributed by atoms with Crippen LogP contribution < -0.4 is 10.1 Å². The molecule has 7 nitrogen and oxygen atoms in total. The van der Waals surface area contributed by atoms with Gasteiger partial charge in [-0.3, -0.25) is 4.79 Å². The highest BCUT2D eigenvalue weighted by atomic mass is 32.1. The summed E-state index contributed by atoms with van der Waals surface area (Å²) in [5, 5.41) is 15.0. The van der Waals surface area contributed by atoms with Crippen LogP contribution >= 0.6 is 11.5 Å². The maximum atomic E-state index is 11.9. The smallest absolute Gasteiger partial charge is 0.341 e. The van der Waals surface area contributed by atoms with Crippen LogP contribution in [-0.2, 0) is 4.79 Å². The molecule has 0 atom stereocenters. The second kappa shape index (κ2) is 6.11. The lowest BCUT2D eigenvalue weighted by Gasteiger charge is -2.06. The molecule has 1 aromatic heterocycles. The average Bonchev–Trinajstić information content (AvgIpc) is 2.84. The van der Waals surface area contributed by atoms with Crippen molar-refractivity contribution in [1.82, 2.24) is 9.59 Å². The number of nitrogens with one attached hydrogen (secondary N) is 1. The van der Waals surface area contributed by atoms with Crippen molar-refractivity contribution in [2.75, 3.05) is 11.9 Å². The van der Waals surface area contributed by atoms with E-state index in [2.05, 4.69) is 14.9 Å². The maximum Gasteiger partial charge on any atom is 0.341 e. The Hall–Kier alpha value is -2.48. The molecule has 0 unspecified atom stereocenters. The van der Waals surface area contributed by atoms with Crippen LogP contribution in [0.5, 0.6) is 5.75 Å². The fourth-order valence-electron chi connectivity index (χ4n) is 1.41. The number of carbonyl (C=O) groups is 2. The van der Waals surface area contributed by atoms with Crippen LogP contribution in [0.1, 0.15) is 15.4 Å². The summed E-state index contributed by atoms with van der Waals surface area (Å²) in [5.74, 6) is -0.909. The third-order valence-corrected chi connectivity index (χ3v) is 3.16. The van der Waals surface area contributed by atoms with E-state index >= 15 is 0 Å². The summed E-state index contributed by atoms with van der Waals surface area (Å²) in [7, 11) is 0. The first kappa shape index (κ1) is 13.9. The van der Waals surface area contributed by atoms with Crippen LogP contribution in [0.25, 0.3) is 0 Å². The number of anilines is 1. The van der Waals surface area contributed by atoms with Crippen LogP contribution in [0.3, 0.4) is 0 Å². The largest absolute Gasteiger partial charge is 0.482 e. The molecule has 2 aromatic rings. The minimum absolute atomic E-state index is 0.281. The van der Waals surface area contributed by atoms with Gasteiger partial charge < -0.3 is 15.2 Å². The van der Waals surface area contributed by atoms with E-state index in [0.29, 0.717) is 22.0 Å². The molecule has 2 rings (SSSR count). The zero-order chi connectivity index (χ0) is 14.5. The summed E-state index contributed by atoms with van der Waals surface area (Å²) in [6.07, 6.45) is 0. The number of carboxylic acids is 1. The summed E-state index contributed by atoms with van der Waals surface area (Å²) in [5.41, 5.74) is 1.15. The molecular formula is C12H11N3O4S. The molecule has 2 N–H and O–H groups in total. The minimum Gasteiger partial charge on any atom is -0.482 e. The molecule has 0 aliphatic rings. The fourth-order valence-corrected chi connectivity index (χ4v) is 1.96. The van der Waals surface area contributed by atoms with Crippen LogP contribution in [-0.4, -0.2) is 33.2 Å². The summed E-state index contributed by atoms with van der Waals surface area (Å²) in [4.78, 5) is 22.7. The molecule has 1 heterocycles. The van der Waals surface area contributed by atoms with Crippen molar-refractivity contribution in [2.45, 2.75) is 6.92 Å². The number of aliphatic carboxylic acids is 1. The predicted molar refractivity (Wildman–Crippen MR) is 72.2 cm³/mol. The maximum absolute atomic E-state index is 11.9. The number of amides is 1. The van der Waals surface area contributed by atoms with Gasteiger partial charge in [0.1, 0.15) is 10.6 Å². The molecular weight excluding hydrogens is 282 g/mol. The SMILES string of the molecule is Cc1nnsc1C(=O)Nc1ccc(OCC(=O)O)cc1. The number of carboxylic acid groups (broad SMARTS) is 1. The number of hydrogen-bond donors (Lipinski definition) is 2. The first-order chi connectivity index (χ1) is 9.56. The third-order valence-electron chi connectivity index (χ3n) is 2.33. The number of benzene rings is 1. The Bertz CT molecular complexity index is 624. The van der Waals surface area contributed by atoms with Crippen LogP contribution in [0.2, 0.25) is 0 Å². The van der Waals surface area contributed by atoms with Gasteiger partial charge in [0.2, 0.25) is 0 Å². The van der Waals surface area contributed by atoms with E-state index in [1.807, 2.05) is 0 Å². The number of hydrogen-bond acceptors (Lipinski definition) is 6. The number of aryl methyl sites for hydroxylation is 1. The van der Waals surface area contributed by atoms with Gasteiger partial charge >= 0.3 is 5.97 Å². The Balaban J connectivity index is 1.99. The topological polar surface area (TPSA) is 101 Å². The highest BCUT2D eigenvalue weighted by Gasteiger charge is 2.13. The third kappa shape index (κ3) is 3.51. The van der Waals surface area contributed by atoms with Crippen LogP contribution in [0, 0.1) is 6.92 Å². The summed E-state index contributed by atoms with van der Waals surface area (Å²) in [6.45, 7) is 1.30. The molecule has 0 fully saturated rings. The van der Waals surface area contributed by atoms with Crippen LogP contribution in [0.15, 0.2) is 24.3 Å². The van der Waals surface area contributed by atoms with E-state index in [1.54, 1.807) is 31.2 Å². The molecule has 20 heavy (non-hydrogen) atoms. The number of ether oxygens (including phenoxy) is 1. The minimum atomic E-state index is -1.05. The molecule has 1 aromatic carbocycles. The van der Waals surface area contributed by atoms with Crippen molar-refractivity contribution < 1.29 is 19.4 Å². The monoisotopic (exact) mass is 293 g/mol. The summed E-state index contributed by atoms with van der Waals surface area (Å²) >= 11 is 1.03. The normalized spacial score (nSPS) is 10.1. The zero-order valence-corrected chi connectivity index (χ0v) is 11.3. The lowest BCUT2D eigenvalue weighted by molar-refractivity contribution is -0.139. The van der Waals surface area contributed by atoms with Gasteiger partial charge in [0.25, 0.3) is 5.91 Å². The van der Waals surface area contributed by atoms with Crippen molar-refractivity contribution in [1.29, 1.82) is 0 Å². The van der Waals surface area contributed by atoms with Gasteiger partial charge in [-0.1, -0.05) is 4.49 Å². The van der Waals surface area contributed by atoms with Crippen LogP contribution in [0.4, 0.5) is 5.69 Å². The van der Waals surface area contributed by atoms with E-state index < -0.39 is 12.6 Å². The van der Waals surface area contributed by atoms with Crippen molar-refractivity contribution in [3.05, 3.63) is 34.8 Å². The van der Waals surface area contributed by atoms with Crippen molar-refractivity contribution in [3.63, 3.8) is 0 Å². The first-order valence-electron chi connectivity index (χ1n) is 5.61. The van der Waals surface area contributed by atoms with E-state index in [4.69, 9.17) is 9.84 Å². The lowest BCUT2D eigenvalue weighted by Crippen LogP contribution is -2.12. The van der Waals surface area contributed by atoms with Crippen molar-refractivity contribution >= 4 is 29.1 Å². The molecule has 0 saturated heterocycles. The quantitative estimate of drug-likeness (QED) is 0.867. The van der Waals surface area contributed by atoms with Gasteiger partial charge in [0, 0.05) is 5.69 Å². The predicted octanol–water partition coefficient (Wildman–Crippen LogP) is 1.56. The molecule has 8 heteroatoms. The summed E-state index contributed by atoms with van der Waals surface area (Å²) in [6, 6.07) is 6.41. The number of nitrogens with zero attached hydrogens (tertiary/aromatic N) is 2. The van der Waals surface area contributed by atoms with Gasteiger partial charge in [-0.05, 0) is 42.7 Å². The number of carbonyl (C=O) groups excluding carboxylic acids is 1. The zero-order valence-electron chi connectivity index (χ0n) is 10.5. The number of rotatable bonds is 5. The van der Waals surface area contributed by atoms with Crippen molar-refractivity contribution in [3.8, 4) is 5.75 Å². The molecule has 1 amide bonds. The van der Waals surface area contributed by atoms with Gasteiger partial charge in [-0.15, -0.1) is 5.10 Å². The Morgan fingerprint density at radius 1 is 1.35 bits per heavy atom. The summed E-state index contributed by atoms with van der Waals surface area (Å²) < 4.78 is 8.68. The fraction of sp³-hybridized carbons (Fsp3) is 0.167. The van der Waals surface area contributed by atoms with Gasteiger partial charge in [-0.2, -0.15) is 0 Å². The van der Waals surface area contributed by atoms with E-state index in [0.717, 1.165) is 11.5 Å². The lowest BCUT2D eigenvalue weighted by atomic mass is 10.3. The Morgan fingerprint density at radius 2 is 2.05 bits per heavy atom. The van der Waals surface area contributed by atoms with E-state index in [-0.39, 0.29) is 5.91 Å². The Labute approximate surface area is 118 Å². The number of aromatic nitrogens is 2. The molecule has 0 bridgehead atoms. The highest BCUT2D eigenvalue weighted by molar-refractivity contribution is 7.08. The second-order valence-corrected chi connectivity index (χ2v) is 4.60. The molecule has 0 saturated carbocycles. The average molecular weight is 293 g/mol. The van der Waals surface area contributed by atoms with Gasteiger partial charge in [0.05, 0.1) is 5.69 Å². The molecule has 0 spiro atoms. The molecule has 0 radical (unpaired) electrons. The molecule has 0 aliphatic carbocycles. The highest BCUT2D eigenvalue weighted by Crippen LogP contribution is 2.17.